The van der Waals surface area contributed by atoms with Gasteiger partial charge in [0.2, 0.25) is 5.95 Å². The SMILES string of the molecule is O=C(Nc1ccc(F)c(F)c1)c1cnc(Nc2cc(Cl)cc(Cl)c2)nc1. The van der Waals surface area contributed by atoms with Crippen LogP contribution in [0.25, 0.3) is 0 Å². The lowest BCUT2D eigenvalue weighted by molar-refractivity contribution is 0.102. The van der Waals surface area contributed by atoms with Crippen LogP contribution in [0.3, 0.4) is 0 Å². The molecule has 3 rings (SSSR count). The van der Waals surface area contributed by atoms with Gasteiger partial charge < -0.3 is 10.6 Å². The zero-order valence-electron chi connectivity index (χ0n) is 12.9. The molecular weight excluding hydrogens is 385 g/mol. The Hall–Kier alpha value is -2.77. The van der Waals surface area contributed by atoms with Crippen molar-refractivity contribution in [2.75, 3.05) is 10.6 Å². The van der Waals surface area contributed by atoms with Gasteiger partial charge in [-0.05, 0) is 30.3 Å². The normalized spacial score (nSPS) is 10.5. The molecule has 0 bridgehead atoms. The maximum Gasteiger partial charge on any atom is 0.258 e. The Morgan fingerprint density at radius 2 is 1.54 bits per heavy atom. The molecule has 1 heterocycles. The fraction of sp³-hybridized carbons (Fsp3) is 0. The first-order valence-electron chi connectivity index (χ1n) is 7.22. The fourth-order valence-corrected chi connectivity index (χ4v) is 2.57. The molecule has 3 aromatic rings. The van der Waals surface area contributed by atoms with Crippen molar-refractivity contribution in [3.8, 4) is 0 Å². The number of hydrogen-bond acceptors (Lipinski definition) is 4. The number of benzene rings is 2. The third-order valence-corrected chi connectivity index (χ3v) is 3.65. The summed E-state index contributed by atoms with van der Waals surface area (Å²) >= 11 is 11.8. The van der Waals surface area contributed by atoms with Crippen molar-refractivity contribution in [3.05, 3.63) is 76.0 Å². The van der Waals surface area contributed by atoms with Crippen molar-refractivity contribution < 1.29 is 13.6 Å². The van der Waals surface area contributed by atoms with Crippen LogP contribution in [0.4, 0.5) is 26.1 Å². The first kappa shape index (κ1) is 18.0. The Kier molecular flexibility index (Phi) is 5.29. The first-order valence-corrected chi connectivity index (χ1v) is 7.98. The summed E-state index contributed by atoms with van der Waals surface area (Å²) in [5.74, 6) is -2.39. The van der Waals surface area contributed by atoms with E-state index in [4.69, 9.17) is 23.2 Å². The first-order chi connectivity index (χ1) is 12.4. The van der Waals surface area contributed by atoms with E-state index in [1.165, 1.54) is 18.5 Å². The van der Waals surface area contributed by atoms with Gasteiger partial charge in [0.25, 0.3) is 5.91 Å². The smallest absolute Gasteiger partial charge is 0.258 e. The molecule has 2 aromatic carbocycles. The second-order valence-electron chi connectivity index (χ2n) is 5.16. The van der Waals surface area contributed by atoms with Gasteiger partial charge in [-0.15, -0.1) is 0 Å². The predicted molar refractivity (Wildman–Crippen MR) is 96.1 cm³/mol. The molecule has 0 atom stereocenters. The maximum absolute atomic E-state index is 13.2. The summed E-state index contributed by atoms with van der Waals surface area (Å²) in [7, 11) is 0. The number of carbonyl (C=O) groups excluding carboxylic acids is 1. The monoisotopic (exact) mass is 394 g/mol. The van der Waals surface area contributed by atoms with Crippen molar-refractivity contribution in [3.63, 3.8) is 0 Å². The van der Waals surface area contributed by atoms with Gasteiger partial charge in [-0.3, -0.25) is 4.79 Å². The van der Waals surface area contributed by atoms with Gasteiger partial charge in [0.05, 0.1) is 5.56 Å². The molecule has 0 saturated heterocycles. The summed E-state index contributed by atoms with van der Waals surface area (Å²) < 4.78 is 26.1. The molecule has 2 N–H and O–H groups in total. The summed E-state index contributed by atoms with van der Waals surface area (Å²) in [4.78, 5) is 20.2. The van der Waals surface area contributed by atoms with Crippen LogP contribution in [0.2, 0.25) is 10.0 Å². The molecule has 26 heavy (non-hydrogen) atoms. The van der Waals surface area contributed by atoms with E-state index >= 15 is 0 Å². The average molecular weight is 395 g/mol. The summed E-state index contributed by atoms with van der Waals surface area (Å²) in [6.45, 7) is 0. The molecule has 0 fully saturated rings. The van der Waals surface area contributed by atoms with Gasteiger partial charge in [0, 0.05) is 39.9 Å². The van der Waals surface area contributed by atoms with Crippen molar-refractivity contribution >= 4 is 46.4 Å². The third-order valence-electron chi connectivity index (χ3n) is 3.21. The van der Waals surface area contributed by atoms with Crippen molar-refractivity contribution in [1.29, 1.82) is 0 Å². The number of nitrogens with zero attached hydrogens (tertiary/aromatic N) is 2. The highest BCUT2D eigenvalue weighted by Crippen LogP contribution is 2.24. The molecule has 5 nitrogen and oxygen atoms in total. The minimum absolute atomic E-state index is 0.115. The van der Waals surface area contributed by atoms with E-state index in [9.17, 15) is 13.6 Å². The van der Waals surface area contributed by atoms with E-state index in [2.05, 4.69) is 20.6 Å². The van der Waals surface area contributed by atoms with Crippen LogP contribution >= 0.6 is 23.2 Å². The van der Waals surface area contributed by atoms with Crippen LogP contribution in [-0.2, 0) is 0 Å². The minimum atomic E-state index is -1.06. The largest absolute Gasteiger partial charge is 0.324 e. The molecule has 0 aliphatic heterocycles. The van der Waals surface area contributed by atoms with Crippen LogP contribution in [0.5, 0.6) is 0 Å². The van der Waals surface area contributed by atoms with E-state index in [0.717, 1.165) is 12.1 Å². The van der Waals surface area contributed by atoms with Crippen LogP contribution in [-0.4, -0.2) is 15.9 Å². The van der Waals surface area contributed by atoms with Gasteiger partial charge in [-0.25, -0.2) is 18.7 Å². The number of anilines is 3. The molecule has 1 amide bonds. The predicted octanol–water partition coefficient (Wildman–Crippen LogP) is 5.06. The second kappa shape index (κ2) is 7.63. The molecular formula is C17H10Cl2F2N4O. The zero-order valence-corrected chi connectivity index (χ0v) is 14.4. The number of carbonyl (C=O) groups is 1. The summed E-state index contributed by atoms with van der Waals surface area (Å²) in [6, 6.07) is 7.91. The topological polar surface area (TPSA) is 66.9 Å². The third kappa shape index (κ3) is 4.44. The van der Waals surface area contributed by atoms with E-state index in [1.807, 2.05) is 0 Å². The molecule has 0 aliphatic carbocycles. The van der Waals surface area contributed by atoms with Crippen LogP contribution < -0.4 is 10.6 Å². The standard InChI is InChI=1S/C17H10Cl2F2N4O/c18-10-3-11(19)5-13(4-10)25-17-22-7-9(8-23-17)16(26)24-12-1-2-14(20)15(21)6-12/h1-8H,(H,24,26)(H,22,23,25). The number of halogens is 4. The summed E-state index contributed by atoms with van der Waals surface area (Å²) in [6.07, 6.45) is 2.58. The van der Waals surface area contributed by atoms with Crippen molar-refractivity contribution in [2.24, 2.45) is 0 Å². The van der Waals surface area contributed by atoms with Gasteiger partial charge in [-0.1, -0.05) is 23.2 Å². The molecule has 0 radical (unpaired) electrons. The van der Waals surface area contributed by atoms with Crippen LogP contribution in [0.1, 0.15) is 10.4 Å². The lowest BCUT2D eigenvalue weighted by Gasteiger charge is -2.08. The van der Waals surface area contributed by atoms with Crippen LogP contribution in [0.15, 0.2) is 48.8 Å². The Morgan fingerprint density at radius 1 is 0.885 bits per heavy atom. The number of rotatable bonds is 4. The minimum Gasteiger partial charge on any atom is -0.324 e. The van der Waals surface area contributed by atoms with Gasteiger partial charge in [0.1, 0.15) is 0 Å². The molecule has 0 aliphatic rings. The number of hydrogen-bond donors (Lipinski definition) is 2. The summed E-state index contributed by atoms with van der Waals surface area (Å²) in [5, 5.41) is 6.22. The van der Waals surface area contributed by atoms with E-state index in [0.29, 0.717) is 15.7 Å². The molecule has 132 valence electrons. The quantitative estimate of drug-likeness (QED) is 0.648. The Balaban J connectivity index is 1.70. The number of aromatic nitrogens is 2. The van der Waals surface area contributed by atoms with Crippen molar-refractivity contribution in [2.45, 2.75) is 0 Å². The van der Waals surface area contributed by atoms with E-state index in [-0.39, 0.29) is 17.2 Å². The second-order valence-corrected chi connectivity index (χ2v) is 6.03. The number of amides is 1. The van der Waals surface area contributed by atoms with E-state index < -0.39 is 17.5 Å². The van der Waals surface area contributed by atoms with Gasteiger partial charge >= 0.3 is 0 Å². The Morgan fingerprint density at radius 3 is 2.15 bits per heavy atom. The highest BCUT2D eigenvalue weighted by atomic mass is 35.5. The lowest BCUT2D eigenvalue weighted by atomic mass is 10.2. The molecule has 1 aromatic heterocycles. The lowest BCUT2D eigenvalue weighted by Crippen LogP contribution is -2.13. The maximum atomic E-state index is 13.2. The zero-order chi connectivity index (χ0) is 18.7. The summed E-state index contributed by atoms with van der Waals surface area (Å²) in [5.41, 5.74) is 0.843. The highest BCUT2D eigenvalue weighted by molar-refractivity contribution is 6.35. The fourth-order valence-electron chi connectivity index (χ4n) is 2.04. The Bertz CT molecular complexity index is 947. The van der Waals surface area contributed by atoms with E-state index in [1.54, 1.807) is 18.2 Å². The Labute approximate surface area is 157 Å². The molecule has 0 spiro atoms. The van der Waals surface area contributed by atoms with Crippen LogP contribution in [0, 0.1) is 11.6 Å². The van der Waals surface area contributed by atoms with Crippen molar-refractivity contribution in [1.82, 2.24) is 9.97 Å². The molecule has 9 heteroatoms. The molecule has 0 unspecified atom stereocenters. The van der Waals surface area contributed by atoms with Gasteiger partial charge in [-0.2, -0.15) is 0 Å². The number of nitrogens with one attached hydrogen (secondary N) is 2. The highest BCUT2D eigenvalue weighted by Gasteiger charge is 2.10. The average Bonchev–Trinajstić information content (AvgIpc) is 2.58. The van der Waals surface area contributed by atoms with Gasteiger partial charge in [0.15, 0.2) is 11.6 Å². The molecule has 0 saturated carbocycles.